The van der Waals surface area contributed by atoms with E-state index < -0.39 is 29.1 Å². The van der Waals surface area contributed by atoms with Gasteiger partial charge in [-0.05, 0) is 51.5 Å². The fourth-order valence-corrected chi connectivity index (χ4v) is 2.78. The molecule has 0 atom stereocenters. The second kappa shape index (κ2) is 8.66. The Balaban J connectivity index is 1.77. The van der Waals surface area contributed by atoms with Crippen molar-refractivity contribution in [2.24, 2.45) is 0 Å². The van der Waals surface area contributed by atoms with Crippen LogP contribution in [0.25, 0.3) is 5.69 Å². The van der Waals surface area contributed by atoms with Crippen molar-refractivity contribution in [2.75, 3.05) is 5.32 Å². The first-order valence-electron chi connectivity index (χ1n) is 9.41. The molecule has 0 bridgehead atoms. The molecule has 0 radical (unpaired) electrons. The Labute approximate surface area is 177 Å². The normalized spacial score (nSPS) is 11.3. The molecule has 0 aliphatic rings. The van der Waals surface area contributed by atoms with Crippen LogP contribution in [0.1, 0.15) is 31.9 Å². The smallest absolute Gasteiger partial charge is 0.407 e. The lowest BCUT2D eigenvalue weighted by molar-refractivity contribution is 0.0523. The van der Waals surface area contributed by atoms with Crippen LogP contribution < -0.4 is 10.6 Å². The number of carbonyl (C=O) groups is 1. The van der Waals surface area contributed by atoms with E-state index in [4.69, 9.17) is 4.74 Å². The van der Waals surface area contributed by atoms with Crippen molar-refractivity contribution in [3.8, 4) is 5.69 Å². The Bertz CT molecular complexity index is 1090. The zero-order valence-corrected chi connectivity index (χ0v) is 17.5. The molecule has 0 unspecified atom stereocenters. The average Bonchev–Trinajstić information content (AvgIpc) is 3.09. The minimum Gasteiger partial charge on any atom is -0.444 e. The number of benzene rings is 2. The number of hydrogen-bond acceptors (Lipinski definition) is 5. The van der Waals surface area contributed by atoms with Gasteiger partial charge >= 0.3 is 6.09 Å². The molecule has 0 spiro atoms. The molecule has 1 aromatic heterocycles. The van der Waals surface area contributed by atoms with Gasteiger partial charge in [0.1, 0.15) is 23.6 Å². The van der Waals surface area contributed by atoms with E-state index in [0.717, 1.165) is 28.4 Å². The van der Waals surface area contributed by atoms with Gasteiger partial charge in [-0.2, -0.15) is 4.98 Å². The maximum Gasteiger partial charge on any atom is 0.407 e. The molecular weight excluding hydrogens is 411 g/mol. The summed E-state index contributed by atoms with van der Waals surface area (Å²) in [6, 6.07) is 6.08. The number of anilines is 2. The van der Waals surface area contributed by atoms with Crippen molar-refractivity contribution < 1.29 is 22.7 Å². The molecule has 0 aliphatic carbocycles. The lowest BCUT2D eigenvalue weighted by atomic mass is 10.1. The second-order valence-electron chi connectivity index (χ2n) is 7.91. The van der Waals surface area contributed by atoms with Crippen LogP contribution in [-0.4, -0.2) is 26.5 Å². The number of nitrogens with one attached hydrogen (secondary N) is 2. The van der Waals surface area contributed by atoms with Gasteiger partial charge in [-0.3, -0.25) is 0 Å². The molecule has 2 N–H and O–H groups in total. The van der Waals surface area contributed by atoms with E-state index in [1.165, 1.54) is 6.33 Å². The highest BCUT2D eigenvalue weighted by atomic mass is 19.1. The Morgan fingerprint density at radius 3 is 2.42 bits per heavy atom. The van der Waals surface area contributed by atoms with Crippen molar-refractivity contribution in [1.82, 2.24) is 20.1 Å². The summed E-state index contributed by atoms with van der Waals surface area (Å²) in [5.41, 5.74) is 0.516. The third kappa shape index (κ3) is 5.97. The first-order valence-corrected chi connectivity index (χ1v) is 9.41. The first kappa shape index (κ1) is 22.1. The van der Waals surface area contributed by atoms with E-state index in [1.54, 1.807) is 39.8 Å². The van der Waals surface area contributed by atoms with Crippen LogP contribution in [0, 0.1) is 24.4 Å². The highest BCUT2D eigenvalue weighted by Crippen LogP contribution is 2.24. The van der Waals surface area contributed by atoms with Crippen LogP contribution >= 0.6 is 0 Å². The Morgan fingerprint density at radius 2 is 1.77 bits per heavy atom. The molecule has 0 saturated heterocycles. The van der Waals surface area contributed by atoms with E-state index in [0.29, 0.717) is 0 Å². The molecule has 31 heavy (non-hydrogen) atoms. The highest BCUT2D eigenvalue weighted by Gasteiger charge is 2.17. The van der Waals surface area contributed by atoms with Crippen LogP contribution in [0.5, 0.6) is 0 Å². The van der Waals surface area contributed by atoms with E-state index in [9.17, 15) is 18.0 Å². The average molecular weight is 433 g/mol. The molecular formula is C21H22F3N5O2. The van der Waals surface area contributed by atoms with Gasteiger partial charge in [0.05, 0.1) is 11.4 Å². The lowest BCUT2D eigenvalue weighted by Gasteiger charge is -2.20. The van der Waals surface area contributed by atoms with Crippen LogP contribution in [0.15, 0.2) is 36.7 Å². The predicted octanol–water partition coefficient (Wildman–Crippen LogP) is 4.76. The van der Waals surface area contributed by atoms with Crippen LogP contribution in [0.2, 0.25) is 0 Å². The maximum atomic E-state index is 14.9. The third-order valence-corrected chi connectivity index (χ3v) is 3.96. The van der Waals surface area contributed by atoms with Crippen molar-refractivity contribution >= 4 is 17.7 Å². The van der Waals surface area contributed by atoms with Gasteiger partial charge in [0, 0.05) is 18.2 Å². The summed E-state index contributed by atoms with van der Waals surface area (Å²) in [6.07, 6.45) is 0.584. The summed E-state index contributed by atoms with van der Waals surface area (Å²) in [4.78, 5) is 15.8. The predicted molar refractivity (Wildman–Crippen MR) is 109 cm³/mol. The topological polar surface area (TPSA) is 81.1 Å². The Hall–Kier alpha value is -3.56. The monoisotopic (exact) mass is 433 g/mol. The summed E-state index contributed by atoms with van der Waals surface area (Å²) < 4.78 is 48.1. The van der Waals surface area contributed by atoms with Gasteiger partial charge in [0.25, 0.3) is 0 Å². The highest BCUT2D eigenvalue weighted by molar-refractivity contribution is 5.68. The Kier molecular flexibility index (Phi) is 6.19. The molecule has 10 heteroatoms. The standard InChI is InChI=1S/C21H22F3N5O2/c1-12-5-13(10-25-20(30)31-21(2,3)4)18(24)17(6-12)27-19-26-11-29(28-19)16-8-14(22)7-15(23)9-16/h5-9,11H,10H2,1-4H3,(H,25,30)(H,27,28). The molecule has 0 fully saturated rings. The number of carbonyl (C=O) groups excluding carboxylic acids is 1. The van der Waals surface area contributed by atoms with E-state index in [1.807, 2.05) is 0 Å². The molecule has 7 nitrogen and oxygen atoms in total. The van der Waals surface area contributed by atoms with Gasteiger partial charge in [0.2, 0.25) is 5.95 Å². The summed E-state index contributed by atoms with van der Waals surface area (Å²) >= 11 is 0. The number of hydrogen-bond donors (Lipinski definition) is 2. The maximum absolute atomic E-state index is 14.9. The second-order valence-corrected chi connectivity index (χ2v) is 7.91. The summed E-state index contributed by atoms with van der Waals surface area (Å²) in [7, 11) is 0. The zero-order valence-electron chi connectivity index (χ0n) is 17.5. The van der Waals surface area contributed by atoms with Gasteiger partial charge in [-0.15, -0.1) is 5.10 Å². The molecule has 164 valence electrons. The number of rotatable bonds is 5. The SMILES string of the molecule is Cc1cc(CNC(=O)OC(C)(C)C)c(F)c(Nc2ncn(-c3cc(F)cc(F)c3)n2)c1. The molecule has 1 amide bonds. The van der Waals surface area contributed by atoms with Crippen LogP contribution in [-0.2, 0) is 11.3 Å². The van der Waals surface area contributed by atoms with Crippen molar-refractivity contribution in [3.63, 3.8) is 0 Å². The fourth-order valence-electron chi connectivity index (χ4n) is 2.78. The van der Waals surface area contributed by atoms with Crippen molar-refractivity contribution in [2.45, 2.75) is 39.8 Å². The molecule has 0 saturated carbocycles. The molecule has 2 aromatic carbocycles. The van der Waals surface area contributed by atoms with Gasteiger partial charge in [-0.1, -0.05) is 6.07 Å². The lowest BCUT2D eigenvalue weighted by Crippen LogP contribution is -2.32. The Morgan fingerprint density at radius 1 is 1.10 bits per heavy atom. The number of aromatic nitrogens is 3. The summed E-state index contributed by atoms with van der Waals surface area (Å²) in [5, 5.41) is 9.34. The molecule has 0 aliphatic heterocycles. The summed E-state index contributed by atoms with van der Waals surface area (Å²) in [5.74, 6) is -2.09. The minimum absolute atomic E-state index is 0.0280. The van der Waals surface area contributed by atoms with Gasteiger partial charge in [-0.25, -0.2) is 22.6 Å². The number of nitrogens with zero attached hydrogens (tertiary/aromatic N) is 3. The molecule has 3 rings (SSSR count). The van der Waals surface area contributed by atoms with Gasteiger partial charge < -0.3 is 15.4 Å². The first-order chi connectivity index (χ1) is 14.5. The van der Waals surface area contributed by atoms with E-state index >= 15 is 0 Å². The third-order valence-electron chi connectivity index (χ3n) is 3.96. The van der Waals surface area contributed by atoms with Crippen LogP contribution in [0.3, 0.4) is 0 Å². The molecule has 3 aromatic rings. The number of ether oxygens (including phenoxy) is 1. The number of halogens is 3. The van der Waals surface area contributed by atoms with E-state index in [2.05, 4.69) is 20.7 Å². The largest absolute Gasteiger partial charge is 0.444 e. The minimum atomic E-state index is -0.758. The number of aryl methyl sites for hydroxylation is 1. The van der Waals surface area contributed by atoms with Crippen LogP contribution in [0.4, 0.5) is 29.6 Å². The number of alkyl carbamates (subject to hydrolysis) is 1. The quantitative estimate of drug-likeness (QED) is 0.606. The van der Waals surface area contributed by atoms with Gasteiger partial charge in [0.15, 0.2) is 5.82 Å². The zero-order chi connectivity index (χ0) is 22.8. The van der Waals surface area contributed by atoms with E-state index in [-0.39, 0.29) is 29.4 Å². The summed E-state index contributed by atoms with van der Waals surface area (Å²) in [6.45, 7) is 6.87. The fraction of sp³-hybridized carbons (Fsp3) is 0.286. The number of amides is 1. The molecule has 1 heterocycles. The van der Waals surface area contributed by atoms with Crippen molar-refractivity contribution in [3.05, 3.63) is 65.2 Å². The van der Waals surface area contributed by atoms with Crippen molar-refractivity contribution in [1.29, 1.82) is 0 Å².